The van der Waals surface area contributed by atoms with E-state index in [0.717, 1.165) is 29.3 Å². The molecule has 0 radical (unpaired) electrons. The zero-order valence-corrected chi connectivity index (χ0v) is 24.4. The second kappa shape index (κ2) is 10.6. The summed E-state index contributed by atoms with van der Waals surface area (Å²) in [5, 5.41) is 0.0697. The van der Waals surface area contributed by atoms with Crippen molar-refractivity contribution in [3.8, 4) is 0 Å². The van der Waals surface area contributed by atoms with Gasteiger partial charge < -0.3 is 18.5 Å². The topological polar surface area (TPSA) is 65.1 Å². The zero-order chi connectivity index (χ0) is 25.2. The average molecular weight is 496 g/mol. The van der Waals surface area contributed by atoms with Crippen LogP contribution in [0.3, 0.4) is 0 Å². The predicted molar refractivity (Wildman–Crippen MR) is 138 cm³/mol. The summed E-state index contributed by atoms with van der Waals surface area (Å²) in [5.74, 6) is -0.529. The first-order chi connectivity index (χ1) is 15.3. The molecule has 2 saturated heterocycles. The molecule has 0 aromatic carbocycles. The quantitative estimate of drug-likeness (QED) is 0.178. The van der Waals surface area contributed by atoms with E-state index in [1.54, 1.807) is 0 Å². The lowest BCUT2D eigenvalue weighted by Gasteiger charge is -2.48. The number of carbonyl (C=O) groups excluding carboxylic acids is 2. The summed E-state index contributed by atoms with van der Waals surface area (Å²) < 4.78 is 18.0. The Morgan fingerprint density at radius 2 is 1.76 bits per heavy atom. The van der Waals surface area contributed by atoms with Gasteiger partial charge in [-0.3, -0.25) is 4.79 Å². The van der Waals surface area contributed by atoms with Crippen LogP contribution < -0.4 is 0 Å². The highest BCUT2D eigenvalue weighted by molar-refractivity contribution is 6.74. The number of β-lactam (4-membered cyclic amide) rings is 1. The van der Waals surface area contributed by atoms with E-state index in [9.17, 15) is 9.59 Å². The predicted octanol–water partition coefficient (Wildman–Crippen LogP) is 5.28. The molecule has 0 aliphatic carbocycles. The van der Waals surface area contributed by atoms with Gasteiger partial charge in [0.2, 0.25) is 5.91 Å². The van der Waals surface area contributed by atoms with Crippen LogP contribution in [0.25, 0.3) is 0 Å². The van der Waals surface area contributed by atoms with Gasteiger partial charge in [0.1, 0.15) is 0 Å². The third kappa shape index (κ3) is 5.71. The van der Waals surface area contributed by atoms with Crippen molar-refractivity contribution in [3.63, 3.8) is 0 Å². The summed E-state index contributed by atoms with van der Waals surface area (Å²) in [5.41, 5.74) is 1.87. The van der Waals surface area contributed by atoms with Crippen molar-refractivity contribution < 1.29 is 23.2 Å². The Balaban J connectivity index is 2.32. The van der Waals surface area contributed by atoms with E-state index >= 15 is 0 Å². The largest absolute Gasteiger partial charge is 0.466 e. The molecule has 2 rings (SSSR count). The molecule has 6 nitrogen and oxygen atoms in total. The number of hydrogen-bond donors (Lipinski definition) is 0. The number of fused-ring (bicyclic) bond motifs is 1. The molecule has 3 atom stereocenters. The lowest BCUT2D eigenvalue weighted by Crippen LogP contribution is -2.63. The second-order valence-corrected chi connectivity index (χ2v) is 20.5. The summed E-state index contributed by atoms with van der Waals surface area (Å²) in [4.78, 5) is 27.0. The number of hydrogen-bond acceptors (Lipinski definition) is 5. The van der Waals surface area contributed by atoms with Gasteiger partial charge in [0.05, 0.1) is 31.8 Å². The van der Waals surface area contributed by atoms with Crippen molar-refractivity contribution >= 4 is 28.5 Å². The van der Waals surface area contributed by atoms with Gasteiger partial charge in [0.15, 0.2) is 16.6 Å². The third-order valence-corrected chi connectivity index (χ3v) is 17.4. The van der Waals surface area contributed by atoms with Gasteiger partial charge in [0, 0.05) is 12.6 Å². The molecule has 2 aliphatic heterocycles. The summed E-state index contributed by atoms with van der Waals surface area (Å²) in [6, 6.07) is 3.18. The molecule has 0 spiro atoms. The van der Waals surface area contributed by atoms with Crippen LogP contribution in [0.5, 0.6) is 0 Å². The van der Waals surface area contributed by atoms with Crippen molar-refractivity contribution in [3.05, 3.63) is 23.3 Å². The second-order valence-electron chi connectivity index (χ2n) is 10.9. The van der Waals surface area contributed by atoms with Gasteiger partial charge in [-0.2, -0.15) is 0 Å². The Morgan fingerprint density at radius 1 is 1.18 bits per heavy atom. The summed E-state index contributed by atoms with van der Waals surface area (Å²) in [6.07, 6.45) is 3.44. The first-order valence-electron chi connectivity index (χ1n) is 12.4. The van der Waals surface area contributed by atoms with Crippen LogP contribution in [0.2, 0.25) is 36.3 Å². The van der Waals surface area contributed by atoms with Crippen LogP contribution >= 0.6 is 0 Å². The molecular formula is C25H45NO5Si2. The van der Waals surface area contributed by atoms with Crippen molar-refractivity contribution in [2.24, 2.45) is 5.92 Å². The number of ether oxygens (including phenoxy) is 1. The number of amides is 1. The van der Waals surface area contributed by atoms with E-state index in [4.69, 9.17) is 13.6 Å². The molecule has 2 aliphatic rings. The Morgan fingerprint density at radius 3 is 2.24 bits per heavy atom. The zero-order valence-electron chi connectivity index (χ0n) is 22.4. The minimum atomic E-state index is -2.02. The van der Waals surface area contributed by atoms with Crippen molar-refractivity contribution in [1.29, 1.82) is 0 Å². The fourth-order valence-corrected chi connectivity index (χ4v) is 8.68. The van der Waals surface area contributed by atoms with Crippen LogP contribution in [0, 0.1) is 5.92 Å². The molecule has 0 N–H and O–H groups in total. The van der Waals surface area contributed by atoms with Crippen molar-refractivity contribution in [2.45, 2.75) is 96.9 Å². The molecular weight excluding hydrogens is 450 g/mol. The molecule has 2 fully saturated rings. The van der Waals surface area contributed by atoms with E-state index in [-0.39, 0.29) is 29.0 Å². The summed E-state index contributed by atoms with van der Waals surface area (Å²) >= 11 is 0. The number of methoxy groups -OCH3 is 1. The fraction of sp³-hybridized carbons (Fsp3) is 0.760. The first-order valence-corrected chi connectivity index (χ1v) is 17.8. The van der Waals surface area contributed by atoms with Crippen LogP contribution in [0.15, 0.2) is 23.3 Å². The van der Waals surface area contributed by atoms with E-state index in [1.807, 2.05) is 11.8 Å². The molecule has 2 heterocycles. The van der Waals surface area contributed by atoms with E-state index in [2.05, 4.69) is 60.7 Å². The number of esters is 1. The standard InChI is InChI=1S/C25H45NO5Si2/c1-11-33(12-2,13-3)30-15-14-20-19(16-21(27)29-8)17-26-23(20)22(24(26)28)18(4)31-32(9,10)25(5,6)7/h14,16,18,22-23H,11-13,15,17H2,1-10H3/b19-16-,20-14+/t18-,22-,23-/m1/s1. The molecule has 1 amide bonds. The highest BCUT2D eigenvalue weighted by Gasteiger charge is 2.57. The van der Waals surface area contributed by atoms with Crippen molar-refractivity contribution in [1.82, 2.24) is 4.90 Å². The molecule has 33 heavy (non-hydrogen) atoms. The number of carbonyl (C=O) groups is 2. The van der Waals surface area contributed by atoms with Crippen LogP contribution in [0.1, 0.15) is 48.5 Å². The van der Waals surface area contributed by atoms with Gasteiger partial charge in [-0.25, -0.2) is 4.79 Å². The molecule has 0 unspecified atom stereocenters. The van der Waals surface area contributed by atoms with Crippen LogP contribution in [-0.4, -0.2) is 65.8 Å². The highest BCUT2D eigenvalue weighted by Crippen LogP contribution is 2.46. The summed E-state index contributed by atoms with van der Waals surface area (Å²) in [7, 11) is -2.37. The van der Waals surface area contributed by atoms with Gasteiger partial charge in [-0.1, -0.05) is 47.6 Å². The lowest BCUT2D eigenvalue weighted by atomic mass is 9.81. The Hall–Kier alpha value is -1.23. The SMILES string of the molecule is CC[Si](CC)(CC)OC/C=C1\C(=C/C(=O)OC)CN2C(=O)[C@H]([C@@H](C)O[Si](C)(C)C(C)(C)C)[C@@H]12. The number of rotatable bonds is 10. The third-order valence-electron chi connectivity index (χ3n) is 8.19. The van der Waals surface area contributed by atoms with E-state index in [0.29, 0.717) is 13.2 Å². The molecule has 8 heteroatoms. The fourth-order valence-electron chi connectivity index (χ4n) is 4.70. The average Bonchev–Trinajstić information content (AvgIpc) is 3.03. The van der Waals surface area contributed by atoms with Gasteiger partial charge in [0.25, 0.3) is 0 Å². The highest BCUT2D eigenvalue weighted by atomic mass is 28.4. The maximum Gasteiger partial charge on any atom is 0.330 e. The van der Waals surface area contributed by atoms with Gasteiger partial charge in [-0.15, -0.1) is 0 Å². The lowest BCUT2D eigenvalue weighted by molar-refractivity contribution is -0.156. The maximum atomic E-state index is 13.1. The molecule has 0 aromatic rings. The molecule has 188 valence electrons. The smallest absolute Gasteiger partial charge is 0.330 e. The summed E-state index contributed by atoms with van der Waals surface area (Å²) in [6.45, 7) is 20.7. The monoisotopic (exact) mass is 495 g/mol. The minimum Gasteiger partial charge on any atom is -0.466 e. The van der Waals surface area contributed by atoms with Crippen LogP contribution in [0.4, 0.5) is 0 Å². The minimum absolute atomic E-state index is 0.0697. The Labute approximate surface area is 203 Å². The number of nitrogens with zero attached hydrogens (tertiary/aromatic N) is 1. The van der Waals surface area contributed by atoms with E-state index < -0.39 is 22.6 Å². The molecule has 0 saturated carbocycles. The molecule has 0 aromatic heterocycles. The maximum absolute atomic E-state index is 13.1. The van der Waals surface area contributed by atoms with Gasteiger partial charge >= 0.3 is 5.97 Å². The first kappa shape index (κ1) is 28.0. The normalized spacial score (nSPS) is 24.8. The van der Waals surface area contributed by atoms with Crippen LogP contribution in [-0.2, 0) is 23.2 Å². The molecule has 0 bridgehead atoms. The van der Waals surface area contributed by atoms with Crippen molar-refractivity contribution in [2.75, 3.05) is 20.3 Å². The van der Waals surface area contributed by atoms with Gasteiger partial charge in [-0.05, 0) is 54.3 Å². The van der Waals surface area contributed by atoms with E-state index in [1.165, 1.54) is 13.2 Å². The Kier molecular flexibility index (Phi) is 8.98. The Bertz CT molecular complexity index is 787.